The molecule has 9 heteroatoms. The van der Waals surface area contributed by atoms with Gasteiger partial charge in [0, 0.05) is 31.8 Å². The lowest BCUT2D eigenvalue weighted by Crippen LogP contribution is -2.39. The second-order valence-electron chi connectivity index (χ2n) is 7.12. The standard InChI is InChI=1S/C21H21FN4O3S/c22-16-4-1-2-5-18(16)26-20(28)15-7-6-13(10-17(15)24-21(26)30)19(27)25-8-3-9-29-14(11-23)12-25/h1-2,4-7,10,14H,3,8-9,11-12,23H2,(H,24,30). The van der Waals surface area contributed by atoms with E-state index in [-0.39, 0.29) is 22.5 Å². The third-order valence-corrected chi connectivity index (χ3v) is 5.42. The number of amides is 1. The predicted octanol–water partition coefficient (Wildman–Crippen LogP) is 2.38. The maximum atomic E-state index is 14.2. The fraction of sp³-hybridized carbons (Fsp3) is 0.286. The van der Waals surface area contributed by atoms with Gasteiger partial charge in [-0.3, -0.25) is 9.59 Å². The number of benzene rings is 2. The van der Waals surface area contributed by atoms with E-state index in [9.17, 15) is 14.0 Å². The molecule has 0 radical (unpaired) electrons. The van der Waals surface area contributed by atoms with Crippen LogP contribution in [0.15, 0.2) is 47.3 Å². The number of H-pyrrole nitrogens is 1. The van der Waals surface area contributed by atoms with Gasteiger partial charge in [0.1, 0.15) is 5.82 Å². The number of hydrogen-bond donors (Lipinski definition) is 2. The molecule has 1 aromatic heterocycles. The van der Waals surface area contributed by atoms with Crippen LogP contribution in [0.4, 0.5) is 4.39 Å². The van der Waals surface area contributed by atoms with Gasteiger partial charge in [0.2, 0.25) is 0 Å². The van der Waals surface area contributed by atoms with E-state index in [1.54, 1.807) is 35.2 Å². The Labute approximate surface area is 176 Å². The zero-order valence-corrected chi connectivity index (χ0v) is 17.0. The van der Waals surface area contributed by atoms with Crippen molar-refractivity contribution < 1.29 is 13.9 Å². The van der Waals surface area contributed by atoms with Crippen LogP contribution < -0.4 is 11.3 Å². The number of nitrogens with two attached hydrogens (primary N) is 1. The Hall–Kier alpha value is -2.88. The molecule has 0 saturated carbocycles. The number of carbonyl (C=O) groups excluding carboxylic acids is 1. The van der Waals surface area contributed by atoms with Crippen molar-refractivity contribution in [2.75, 3.05) is 26.2 Å². The highest BCUT2D eigenvalue weighted by molar-refractivity contribution is 7.71. The molecule has 4 rings (SSSR count). The lowest BCUT2D eigenvalue weighted by Gasteiger charge is -2.23. The van der Waals surface area contributed by atoms with Gasteiger partial charge in [-0.1, -0.05) is 12.1 Å². The Morgan fingerprint density at radius 1 is 1.30 bits per heavy atom. The van der Waals surface area contributed by atoms with Crippen molar-refractivity contribution >= 4 is 29.0 Å². The van der Waals surface area contributed by atoms with E-state index >= 15 is 0 Å². The average Bonchev–Trinajstić information content (AvgIpc) is 3.00. The van der Waals surface area contributed by atoms with Crippen molar-refractivity contribution in [3.8, 4) is 5.69 Å². The van der Waals surface area contributed by atoms with Gasteiger partial charge >= 0.3 is 0 Å². The second-order valence-corrected chi connectivity index (χ2v) is 7.50. The second kappa shape index (κ2) is 8.47. The summed E-state index contributed by atoms with van der Waals surface area (Å²) in [7, 11) is 0. The van der Waals surface area contributed by atoms with Crippen LogP contribution in [-0.2, 0) is 4.74 Å². The first-order valence-corrected chi connectivity index (χ1v) is 10.1. The maximum absolute atomic E-state index is 14.2. The number of nitrogens with one attached hydrogen (secondary N) is 1. The first kappa shape index (κ1) is 20.4. The van der Waals surface area contributed by atoms with Crippen molar-refractivity contribution in [3.63, 3.8) is 0 Å². The molecule has 2 aromatic carbocycles. The largest absolute Gasteiger partial charge is 0.375 e. The van der Waals surface area contributed by atoms with E-state index in [0.717, 1.165) is 11.0 Å². The summed E-state index contributed by atoms with van der Waals surface area (Å²) in [6.07, 6.45) is 0.529. The molecule has 0 bridgehead atoms. The number of hydrogen-bond acceptors (Lipinski definition) is 5. The summed E-state index contributed by atoms with van der Waals surface area (Å²) >= 11 is 5.31. The number of halogens is 1. The summed E-state index contributed by atoms with van der Waals surface area (Å²) in [6, 6.07) is 10.7. The number of aromatic amines is 1. The molecule has 1 aliphatic heterocycles. The lowest BCUT2D eigenvalue weighted by atomic mass is 10.1. The summed E-state index contributed by atoms with van der Waals surface area (Å²) < 4.78 is 21.0. The number of ether oxygens (including phenoxy) is 1. The van der Waals surface area contributed by atoms with Gasteiger partial charge in [-0.15, -0.1) is 0 Å². The van der Waals surface area contributed by atoms with Crippen LogP contribution in [0, 0.1) is 10.6 Å². The van der Waals surface area contributed by atoms with Gasteiger partial charge in [-0.05, 0) is 49.0 Å². The first-order chi connectivity index (χ1) is 14.5. The van der Waals surface area contributed by atoms with Crippen molar-refractivity contribution in [2.45, 2.75) is 12.5 Å². The summed E-state index contributed by atoms with van der Waals surface area (Å²) in [5.74, 6) is -0.721. The van der Waals surface area contributed by atoms with Crippen molar-refractivity contribution in [1.82, 2.24) is 14.5 Å². The highest BCUT2D eigenvalue weighted by Crippen LogP contribution is 2.17. The minimum absolute atomic E-state index is 0.0496. The topological polar surface area (TPSA) is 93.4 Å². The van der Waals surface area contributed by atoms with Gasteiger partial charge in [0.25, 0.3) is 11.5 Å². The highest BCUT2D eigenvalue weighted by atomic mass is 32.1. The first-order valence-electron chi connectivity index (χ1n) is 9.64. The van der Waals surface area contributed by atoms with E-state index in [4.69, 9.17) is 22.7 Å². The van der Waals surface area contributed by atoms with Crippen molar-refractivity contribution in [2.24, 2.45) is 5.73 Å². The fourth-order valence-electron chi connectivity index (χ4n) is 3.61. The van der Waals surface area contributed by atoms with Gasteiger partial charge in [-0.25, -0.2) is 8.96 Å². The SMILES string of the molecule is NCC1CN(C(=O)c2ccc3c(=O)n(-c4ccccc4F)c(=S)[nH]c3c2)CCCO1. The maximum Gasteiger partial charge on any atom is 0.266 e. The number of aromatic nitrogens is 2. The molecule has 0 aliphatic carbocycles. The molecule has 3 aromatic rings. The molecule has 1 unspecified atom stereocenters. The molecule has 1 fully saturated rings. The third-order valence-electron chi connectivity index (χ3n) is 5.14. The summed E-state index contributed by atoms with van der Waals surface area (Å²) in [6.45, 7) is 1.88. The highest BCUT2D eigenvalue weighted by Gasteiger charge is 2.23. The van der Waals surface area contributed by atoms with E-state index < -0.39 is 11.4 Å². The predicted molar refractivity (Wildman–Crippen MR) is 114 cm³/mol. The number of rotatable bonds is 3. The monoisotopic (exact) mass is 428 g/mol. The van der Waals surface area contributed by atoms with Gasteiger partial charge in [-0.2, -0.15) is 0 Å². The van der Waals surface area contributed by atoms with Crippen molar-refractivity contribution in [3.05, 3.63) is 69.0 Å². The zero-order chi connectivity index (χ0) is 21.3. The molecule has 1 saturated heterocycles. The Bertz CT molecular complexity index is 1220. The van der Waals surface area contributed by atoms with Gasteiger partial charge in [0.15, 0.2) is 4.77 Å². The van der Waals surface area contributed by atoms with Crippen LogP contribution in [0.25, 0.3) is 16.6 Å². The number of nitrogens with zero attached hydrogens (tertiary/aromatic N) is 2. The van der Waals surface area contributed by atoms with E-state index in [2.05, 4.69) is 4.98 Å². The molecule has 156 valence electrons. The Morgan fingerprint density at radius 3 is 2.87 bits per heavy atom. The number of fused-ring (bicyclic) bond motifs is 1. The molecular weight excluding hydrogens is 407 g/mol. The molecule has 0 spiro atoms. The van der Waals surface area contributed by atoms with Crippen LogP contribution in [0.1, 0.15) is 16.8 Å². The van der Waals surface area contributed by atoms with E-state index in [1.165, 1.54) is 12.1 Å². The summed E-state index contributed by atoms with van der Waals surface area (Å²) in [5.41, 5.74) is 6.17. The molecule has 1 aliphatic rings. The number of para-hydroxylation sites is 1. The minimum atomic E-state index is -0.553. The summed E-state index contributed by atoms with van der Waals surface area (Å²) in [4.78, 5) is 30.7. The molecule has 30 heavy (non-hydrogen) atoms. The smallest absolute Gasteiger partial charge is 0.266 e. The van der Waals surface area contributed by atoms with Gasteiger partial charge < -0.3 is 20.4 Å². The Balaban J connectivity index is 1.75. The minimum Gasteiger partial charge on any atom is -0.375 e. The Morgan fingerprint density at radius 2 is 2.10 bits per heavy atom. The Kier molecular flexibility index (Phi) is 5.76. The van der Waals surface area contributed by atoms with Crippen LogP contribution >= 0.6 is 12.2 Å². The van der Waals surface area contributed by atoms with Crippen LogP contribution in [0.5, 0.6) is 0 Å². The van der Waals surface area contributed by atoms with E-state index in [0.29, 0.717) is 42.7 Å². The summed E-state index contributed by atoms with van der Waals surface area (Å²) in [5, 5.41) is 0.308. The molecule has 1 atom stereocenters. The molecule has 3 N–H and O–H groups in total. The fourth-order valence-corrected chi connectivity index (χ4v) is 3.90. The molecule has 7 nitrogen and oxygen atoms in total. The molecule has 2 heterocycles. The quantitative estimate of drug-likeness (QED) is 0.625. The van der Waals surface area contributed by atoms with Gasteiger partial charge in [0.05, 0.1) is 22.7 Å². The molecular formula is C21H21FN4O3S. The number of carbonyl (C=O) groups is 1. The third kappa shape index (κ3) is 3.79. The molecule has 1 amide bonds. The van der Waals surface area contributed by atoms with Crippen LogP contribution in [-0.4, -0.2) is 52.7 Å². The zero-order valence-electron chi connectivity index (χ0n) is 16.1. The van der Waals surface area contributed by atoms with Crippen molar-refractivity contribution in [1.29, 1.82) is 0 Å². The van der Waals surface area contributed by atoms with E-state index in [1.807, 2.05) is 0 Å². The lowest BCUT2D eigenvalue weighted by molar-refractivity contribution is 0.0520. The van der Waals surface area contributed by atoms with Crippen LogP contribution in [0.3, 0.4) is 0 Å². The van der Waals surface area contributed by atoms with Crippen LogP contribution in [0.2, 0.25) is 0 Å². The normalized spacial score (nSPS) is 17.1. The average molecular weight is 428 g/mol.